The predicted molar refractivity (Wildman–Crippen MR) is 122 cm³/mol. The van der Waals surface area contributed by atoms with Crippen LogP contribution in [0.25, 0.3) is 11.1 Å². The number of carbonyl (C=O) groups excluding carboxylic acids is 1. The molecule has 0 bridgehead atoms. The van der Waals surface area contributed by atoms with Crippen LogP contribution in [-0.4, -0.2) is 46.6 Å². The monoisotopic (exact) mass is 440 g/mol. The molecule has 172 valence electrons. The number of nitrogens with zero attached hydrogens (tertiary/aromatic N) is 3. The lowest BCUT2D eigenvalue weighted by atomic mass is 10.1. The predicted octanol–water partition coefficient (Wildman–Crippen LogP) is 4.86. The summed E-state index contributed by atoms with van der Waals surface area (Å²) in [5.41, 5.74) is 0.806. The lowest BCUT2D eigenvalue weighted by Gasteiger charge is -2.28. The van der Waals surface area contributed by atoms with E-state index in [0.29, 0.717) is 46.7 Å². The largest absolute Gasteiger partial charge is 0.468 e. The van der Waals surface area contributed by atoms with Gasteiger partial charge in [0.2, 0.25) is 5.71 Å². The van der Waals surface area contributed by atoms with Gasteiger partial charge in [-0.2, -0.15) is 4.98 Å². The number of ether oxygens (including phenoxy) is 1. The van der Waals surface area contributed by atoms with E-state index in [4.69, 9.17) is 13.6 Å². The molecule has 0 aromatic carbocycles. The number of hydrogen-bond acceptors (Lipinski definition) is 8. The molecule has 8 heteroatoms. The van der Waals surface area contributed by atoms with Crippen molar-refractivity contribution >= 4 is 22.9 Å². The average Bonchev–Trinajstić information content (AvgIpc) is 3.51. The Morgan fingerprint density at radius 2 is 2.09 bits per heavy atom. The highest BCUT2D eigenvalue weighted by Gasteiger charge is 2.25. The molecular weight excluding hydrogens is 408 g/mol. The van der Waals surface area contributed by atoms with Gasteiger partial charge in [0.15, 0.2) is 0 Å². The Bertz CT molecular complexity index is 1040. The fraction of sp³-hybridized carbons (Fsp3) is 0.542. The second-order valence-electron chi connectivity index (χ2n) is 8.32. The van der Waals surface area contributed by atoms with Crippen molar-refractivity contribution in [2.24, 2.45) is 0 Å². The van der Waals surface area contributed by atoms with Crippen molar-refractivity contribution in [3.8, 4) is 0 Å². The highest BCUT2D eigenvalue weighted by Crippen LogP contribution is 2.30. The molecule has 1 N–H and O–H groups in total. The Hall–Kier alpha value is -2.87. The van der Waals surface area contributed by atoms with Crippen molar-refractivity contribution in [2.75, 3.05) is 25.0 Å². The van der Waals surface area contributed by atoms with Crippen LogP contribution >= 0.6 is 0 Å². The van der Waals surface area contributed by atoms with Crippen molar-refractivity contribution in [2.45, 2.75) is 65.5 Å². The zero-order chi connectivity index (χ0) is 22.5. The first-order chi connectivity index (χ1) is 15.6. The van der Waals surface area contributed by atoms with Crippen LogP contribution in [0.15, 0.2) is 27.2 Å². The van der Waals surface area contributed by atoms with Crippen molar-refractivity contribution < 1.29 is 18.4 Å². The van der Waals surface area contributed by atoms with Gasteiger partial charge in [-0.25, -0.2) is 9.78 Å². The first kappa shape index (κ1) is 22.3. The van der Waals surface area contributed by atoms with Gasteiger partial charge in [-0.1, -0.05) is 12.8 Å². The molecule has 0 atom stereocenters. The molecule has 0 amide bonds. The minimum absolute atomic E-state index is 0.299. The topological polar surface area (TPSA) is 93.6 Å². The number of hydrogen-bond donors (Lipinski definition) is 1. The maximum Gasteiger partial charge on any atom is 0.342 e. The molecule has 32 heavy (non-hydrogen) atoms. The SMILES string of the molecule is CCOC(=O)c1c(C)oc2nc(C)nc(NCCCN(Cc3ccco3)C3CCCC3)c12. The summed E-state index contributed by atoms with van der Waals surface area (Å²) in [6.07, 6.45) is 7.76. The quantitative estimate of drug-likeness (QED) is 0.353. The fourth-order valence-electron chi connectivity index (χ4n) is 4.55. The van der Waals surface area contributed by atoms with E-state index in [1.807, 2.05) is 19.1 Å². The molecule has 4 rings (SSSR count). The molecule has 0 saturated heterocycles. The van der Waals surface area contributed by atoms with Crippen LogP contribution in [-0.2, 0) is 11.3 Å². The third-order valence-electron chi connectivity index (χ3n) is 6.01. The van der Waals surface area contributed by atoms with Crippen molar-refractivity contribution in [1.29, 1.82) is 0 Å². The van der Waals surface area contributed by atoms with Crippen molar-refractivity contribution in [3.63, 3.8) is 0 Å². The molecule has 0 aliphatic heterocycles. The Morgan fingerprint density at radius 1 is 1.28 bits per heavy atom. The van der Waals surface area contributed by atoms with E-state index < -0.39 is 5.97 Å². The molecule has 0 unspecified atom stereocenters. The molecule has 1 fully saturated rings. The number of nitrogens with one attached hydrogen (secondary N) is 1. The van der Waals surface area contributed by atoms with Crippen LogP contribution in [0.3, 0.4) is 0 Å². The smallest absolute Gasteiger partial charge is 0.342 e. The van der Waals surface area contributed by atoms with Crippen LogP contribution in [0, 0.1) is 13.8 Å². The van der Waals surface area contributed by atoms with Gasteiger partial charge in [0.25, 0.3) is 0 Å². The summed E-state index contributed by atoms with van der Waals surface area (Å²) in [4.78, 5) is 24.0. The Balaban J connectivity index is 1.45. The van der Waals surface area contributed by atoms with Crippen LogP contribution in [0.5, 0.6) is 0 Å². The lowest BCUT2D eigenvalue weighted by molar-refractivity contribution is 0.0526. The zero-order valence-corrected chi connectivity index (χ0v) is 19.1. The van der Waals surface area contributed by atoms with Gasteiger partial charge in [0.1, 0.15) is 28.7 Å². The number of fused-ring (bicyclic) bond motifs is 1. The molecule has 3 aromatic rings. The van der Waals surface area contributed by atoms with E-state index in [1.165, 1.54) is 25.7 Å². The van der Waals surface area contributed by atoms with Gasteiger partial charge in [-0.3, -0.25) is 4.90 Å². The molecule has 8 nitrogen and oxygen atoms in total. The highest BCUT2D eigenvalue weighted by atomic mass is 16.5. The van der Waals surface area contributed by atoms with E-state index in [0.717, 1.165) is 31.8 Å². The van der Waals surface area contributed by atoms with Gasteiger partial charge >= 0.3 is 5.97 Å². The summed E-state index contributed by atoms with van der Waals surface area (Å²) >= 11 is 0. The van der Waals surface area contributed by atoms with Gasteiger partial charge in [0.05, 0.1) is 24.8 Å². The lowest BCUT2D eigenvalue weighted by Crippen LogP contribution is -2.34. The first-order valence-electron chi connectivity index (χ1n) is 11.5. The van der Waals surface area contributed by atoms with Crippen LogP contribution in [0.1, 0.15) is 66.7 Å². The number of esters is 1. The number of aryl methyl sites for hydroxylation is 2. The molecule has 1 aliphatic rings. The van der Waals surface area contributed by atoms with Gasteiger partial charge < -0.3 is 18.9 Å². The van der Waals surface area contributed by atoms with Crippen LogP contribution in [0.2, 0.25) is 0 Å². The minimum Gasteiger partial charge on any atom is -0.468 e. The van der Waals surface area contributed by atoms with E-state index in [-0.39, 0.29) is 0 Å². The standard InChI is InChI=1S/C24H32N4O4/c1-4-30-24(29)20-16(2)32-23-21(20)22(26-17(3)27-23)25-12-8-13-28(18-9-5-6-10-18)15-19-11-7-14-31-19/h7,11,14,18H,4-6,8-10,12-13,15H2,1-3H3,(H,25,26,27). The molecule has 3 heterocycles. The molecule has 1 saturated carbocycles. The maximum absolute atomic E-state index is 12.5. The molecule has 0 radical (unpaired) electrons. The molecule has 1 aliphatic carbocycles. The number of aromatic nitrogens is 2. The van der Waals surface area contributed by atoms with E-state index >= 15 is 0 Å². The van der Waals surface area contributed by atoms with Crippen molar-refractivity contribution in [3.05, 3.63) is 41.3 Å². The normalized spacial score (nSPS) is 14.5. The summed E-state index contributed by atoms with van der Waals surface area (Å²) in [5, 5.41) is 4.01. The molecule has 0 spiro atoms. The Morgan fingerprint density at radius 3 is 2.81 bits per heavy atom. The van der Waals surface area contributed by atoms with Gasteiger partial charge in [0, 0.05) is 19.1 Å². The molecule has 3 aromatic heterocycles. The number of rotatable bonds is 10. The van der Waals surface area contributed by atoms with Crippen LogP contribution < -0.4 is 5.32 Å². The summed E-state index contributed by atoms with van der Waals surface area (Å²) in [5.74, 6) is 2.30. The van der Waals surface area contributed by atoms with E-state index in [9.17, 15) is 4.79 Å². The third kappa shape index (κ3) is 4.96. The first-order valence-corrected chi connectivity index (χ1v) is 11.5. The number of carbonyl (C=O) groups is 1. The van der Waals surface area contributed by atoms with E-state index in [2.05, 4.69) is 20.2 Å². The summed E-state index contributed by atoms with van der Waals surface area (Å²) in [7, 11) is 0. The van der Waals surface area contributed by atoms with E-state index in [1.54, 1.807) is 20.1 Å². The van der Waals surface area contributed by atoms with Gasteiger partial charge in [-0.05, 0) is 52.2 Å². The second-order valence-corrected chi connectivity index (χ2v) is 8.32. The number of furan rings is 2. The number of anilines is 1. The van der Waals surface area contributed by atoms with Gasteiger partial charge in [-0.15, -0.1) is 0 Å². The maximum atomic E-state index is 12.5. The Kier molecular flexibility index (Phi) is 7.09. The average molecular weight is 441 g/mol. The second kappa shape index (κ2) is 10.2. The molecular formula is C24H32N4O4. The summed E-state index contributed by atoms with van der Waals surface area (Å²) in [6.45, 7) is 8.17. The third-order valence-corrected chi connectivity index (χ3v) is 6.01. The fourth-order valence-corrected chi connectivity index (χ4v) is 4.55. The minimum atomic E-state index is -0.412. The van der Waals surface area contributed by atoms with Crippen molar-refractivity contribution in [1.82, 2.24) is 14.9 Å². The highest BCUT2D eigenvalue weighted by molar-refractivity contribution is 6.07. The Labute approximate surface area is 188 Å². The van der Waals surface area contributed by atoms with Crippen LogP contribution in [0.4, 0.5) is 5.82 Å². The summed E-state index contributed by atoms with van der Waals surface area (Å²) in [6, 6.07) is 4.60. The zero-order valence-electron chi connectivity index (χ0n) is 19.1. The summed E-state index contributed by atoms with van der Waals surface area (Å²) < 4.78 is 16.6.